The molecule has 3 heteroatoms. The van der Waals surface area contributed by atoms with Crippen LogP contribution in [-0.2, 0) is 0 Å². The molecule has 1 aliphatic rings. The van der Waals surface area contributed by atoms with E-state index in [1.807, 2.05) is 24.3 Å². The largest absolute Gasteiger partial charge is 0.293 e. The first-order valence-corrected chi connectivity index (χ1v) is 6.82. The molecule has 0 spiro atoms. The summed E-state index contributed by atoms with van der Waals surface area (Å²) in [5, 5.41) is 0. The van der Waals surface area contributed by atoms with Crippen molar-refractivity contribution in [3.8, 4) is 0 Å². The Kier molecular flexibility index (Phi) is 3.69. The number of ketones is 1. The van der Waals surface area contributed by atoms with Crippen molar-refractivity contribution in [1.29, 1.82) is 0 Å². The van der Waals surface area contributed by atoms with Crippen molar-refractivity contribution in [3.63, 3.8) is 0 Å². The van der Waals surface area contributed by atoms with E-state index in [-0.39, 0.29) is 11.3 Å². The molecule has 2 rings (SSSR count). The molecule has 1 aliphatic heterocycles. The van der Waals surface area contributed by atoms with Crippen molar-refractivity contribution < 1.29 is 4.79 Å². The Hall–Kier alpha value is -0.670. The van der Waals surface area contributed by atoms with Gasteiger partial charge in [-0.05, 0) is 45.4 Å². The predicted molar refractivity (Wildman–Crippen MR) is 73.4 cm³/mol. The molecule has 0 bridgehead atoms. The van der Waals surface area contributed by atoms with Crippen LogP contribution >= 0.6 is 15.9 Å². The van der Waals surface area contributed by atoms with Crippen molar-refractivity contribution in [3.05, 3.63) is 34.3 Å². The third kappa shape index (κ3) is 2.96. The van der Waals surface area contributed by atoms with Gasteiger partial charge in [0.15, 0.2) is 5.78 Å². The van der Waals surface area contributed by atoms with Crippen molar-refractivity contribution in [2.24, 2.45) is 0 Å². The van der Waals surface area contributed by atoms with Gasteiger partial charge in [0, 0.05) is 15.6 Å². The highest BCUT2D eigenvalue weighted by Crippen LogP contribution is 2.28. The molecule has 0 N–H and O–H groups in total. The SMILES string of the molecule is CC1(C)CCCN1CC(=O)c1cccc(Br)c1. The Morgan fingerprint density at radius 1 is 1.47 bits per heavy atom. The number of nitrogens with zero attached hydrogens (tertiary/aromatic N) is 1. The van der Waals surface area contributed by atoms with Gasteiger partial charge in [-0.15, -0.1) is 0 Å². The minimum absolute atomic E-state index is 0.168. The fourth-order valence-corrected chi connectivity index (χ4v) is 2.78. The molecule has 0 unspecified atom stereocenters. The Morgan fingerprint density at radius 3 is 2.82 bits per heavy atom. The summed E-state index contributed by atoms with van der Waals surface area (Å²) in [5.74, 6) is 0.210. The number of carbonyl (C=O) groups is 1. The number of carbonyl (C=O) groups excluding carboxylic acids is 1. The zero-order valence-electron chi connectivity index (χ0n) is 10.4. The lowest BCUT2D eigenvalue weighted by molar-refractivity contribution is 0.0871. The maximum atomic E-state index is 12.2. The molecule has 1 heterocycles. The molecule has 1 fully saturated rings. The molecular formula is C14H18BrNO. The van der Waals surface area contributed by atoms with Crippen LogP contribution in [-0.4, -0.2) is 29.3 Å². The van der Waals surface area contributed by atoms with Crippen LogP contribution in [0.1, 0.15) is 37.0 Å². The quantitative estimate of drug-likeness (QED) is 0.796. The summed E-state index contributed by atoms with van der Waals surface area (Å²) in [4.78, 5) is 14.5. The minimum atomic E-state index is 0.168. The second kappa shape index (κ2) is 4.91. The zero-order valence-corrected chi connectivity index (χ0v) is 12.0. The highest BCUT2D eigenvalue weighted by molar-refractivity contribution is 9.10. The number of Topliss-reactive ketones (excluding diaryl/α,β-unsaturated/α-hetero) is 1. The van der Waals surface area contributed by atoms with Crippen LogP contribution in [0.5, 0.6) is 0 Å². The number of likely N-dealkylation sites (tertiary alicyclic amines) is 1. The number of hydrogen-bond acceptors (Lipinski definition) is 2. The van der Waals surface area contributed by atoms with E-state index >= 15 is 0 Å². The topological polar surface area (TPSA) is 20.3 Å². The standard InChI is InChI=1S/C14H18BrNO/c1-14(2)7-4-8-16(14)10-13(17)11-5-3-6-12(15)9-11/h3,5-6,9H,4,7-8,10H2,1-2H3. The first-order chi connectivity index (χ1) is 7.99. The molecule has 92 valence electrons. The second-order valence-corrected chi connectivity index (χ2v) is 6.19. The van der Waals surface area contributed by atoms with Gasteiger partial charge in [0.1, 0.15) is 0 Å². The van der Waals surface area contributed by atoms with E-state index in [2.05, 4.69) is 34.7 Å². The third-order valence-corrected chi connectivity index (χ3v) is 4.05. The normalized spacial score (nSPS) is 19.5. The second-order valence-electron chi connectivity index (χ2n) is 5.27. The van der Waals surface area contributed by atoms with Crippen molar-refractivity contribution in [1.82, 2.24) is 4.90 Å². The molecule has 0 aliphatic carbocycles. The third-order valence-electron chi connectivity index (χ3n) is 3.55. The Balaban J connectivity index is 2.07. The van der Waals surface area contributed by atoms with Gasteiger partial charge in [0.25, 0.3) is 0 Å². The van der Waals surface area contributed by atoms with E-state index in [0.29, 0.717) is 6.54 Å². The number of benzene rings is 1. The number of halogens is 1. The lowest BCUT2D eigenvalue weighted by Gasteiger charge is -2.30. The van der Waals surface area contributed by atoms with Crippen LogP contribution in [0.15, 0.2) is 28.7 Å². The van der Waals surface area contributed by atoms with Crippen LogP contribution in [0.3, 0.4) is 0 Å². The monoisotopic (exact) mass is 295 g/mol. The van der Waals surface area contributed by atoms with Gasteiger partial charge < -0.3 is 0 Å². The Bertz CT molecular complexity index is 428. The van der Waals surface area contributed by atoms with Crippen LogP contribution in [0, 0.1) is 0 Å². The molecular weight excluding hydrogens is 278 g/mol. The lowest BCUT2D eigenvalue weighted by Crippen LogP contribution is -2.41. The summed E-state index contributed by atoms with van der Waals surface area (Å²) in [6.45, 7) is 6.00. The van der Waals surface area contributed by atoms with Gasteiger partial charge >= 0.3 is 0 Å². The molecule has 0 aromatic heterocycles. The van der Waals surface area contributed by atoms with Crippen LogP contribution in [0.4, 0.5) is 0 Å². The van der Waals surface area contributed by atoms with Gasteiger partial charge in [-0.2, -0.15) is 0 Å². The zero-order chi connectivity index (χ0) is 12.5. The Morgan fingerprint density at radius 2 is 2.24 bits per heavy atom. The molecule has 1 saturated heterocycles. The van der Waals surface area contributed by atoms with E-state index in [1.165, 1.54) is 12.8 Å². The molecule has 0 saturated carbocycles. The summed E-state index contributed by atoms with van der Waals surface area (Å²) in [5.41, 5.74) is 0.962. The minimum Gasteiger partial charge on any atom is -0.293 e. The number of hydrogen-bond donors (Lipinski definition) is 0. The fourth-order valence-electron chi connectivity index (χ4n) is 2.38. The smallest absolute Gasteiger partial charge is 0.176 e. The average Bonchev–Trinajstić information content (AvgIpc) is 2.58. The van der Waals surface area contributed by atoms with E-state index in [1.54, 1.807) is 0 Å². The van der Waals surface area contributed by atoms with Gasteiger partial charge in [0.05, 0.1) is 6.54 Å². The van der Waals surface area contributed by atoms with E-state index in [9.17, 15) is 4.79 Å². The fraction of sp³-hybridized carbons (Fsp3) is 0.500. The summed E-state index contributed by atoms with van der Waals surface area (Å²) < 4.78 is 0.962. The summed E-state index contributed by atoms with van der Waals surface area (Å²) >= 11 is 3.40. The molecule has 2 nitrogen and oxygen atoms in total. The van der Waals surface area contributed by atoms with Gasteiger partial charge in [0.2, 0.25) is 0 Å². The number of rotatable bonds is 3. The summed E-state index contributed by atoms with van der Waals surface area (Å²) in [7, 11) is 0. The van der Waals surface area contributed by atoms with Crippen LogP contribution in [0.25, 0.3) is 0 Å². The molecule has 17 heavy (non-hydrogen) atoms. The lowest BCUT2D eigenvalue weighted by atomic mass is 10.0. The summed E-state index contributed by atoms with van der Waals surface area (Å²) in [6, 6.07) is 7.63. The van der Waals surface area contributed by atoms with Gasteiger partial charge in [-0.3, -0.25) is 9.69 Å². The molecule has 1 aromatic rings. The van der Waals surface area contributed by atoms with E-state index < -0.39 is 0 Å². The highest BCUT2D eigenvalue weighted by Gasteiger charge is 2.32. The van der Waals surface area contributed by atoms with Crippen LogP contribution < -0.4 is 0 Å². The molecule has 0 radical (unpaired) electrons. The van der Waals surface area contributed by atoms with Gasteiger partial charge in [-0.1, -0.05) is 28.1 Å². The molecule has 0 atom stereocenters. The van der Waals surface area contributed by atoms with E-state index in [0.717, 1.165) is 16.6 Å². The highest BCUT2D eigenvalue weighted by atomic mass is 79.9. The molecule has 0 amide bonds. The average molecular weight is 296 g/mol. The van der Waals surface area contributed by atoms with Gasteiger partial charge in [-0.25, -0.2) is 0 Å². The summed E-state index contributed by atoms with van der Waals surface area (Å²) in [6.07, 6.45) is 2.37. The first kappa shape index (κ1) is 12.8. The van der Waals surface area contributed by atoms with Crippen LogP contribution in [0.2, 0.25) is 0 Å². The van der Waals surface area contributed by atoms with E-state index in [4.69, 9.17) is 0 Å². The first-order valence-electron chi connectivity index (χ1n) is 6.03. The van der Waals surface area contributed by atoms with Crippen molar-refractivity contribution in [2.75, 3.05) is 13.1 Å². The van der Waals surface area contributed by atoms with Crippen molar-refractivity contribution in [2.45, 2.75) is 32.2 Å². The predicted octanol–water partition coefficient (Wildman–Crippen LogP) is 3.51. The molecule has 1 aromatic carbocycles. The maximum Gasteiger partial charge on any atom is 0.176 e. The Labute approximate surface area is 111 Å². The van der Waals surface area contributed by atoms with Crippen molar-refractivity contribution >= 4 is 21.7 Å². The maximum absolute atomic E-state index is 12.2.